The van der Waals surface area contributed by atoms with E-state index in [4.69, 9.17) is 0 Å². The summed E-state index contributed by atoms with van der Waals surface area (Å²) < 4.78 is 4.53. The summed E-state index contributed by atoms with van der Waals surface area (Å²) in [5.41, 5.74) is 0.891. The molecule has 0 aliphatic heterocycles. The molecule has 0 bridgehead atoms. The van der Waals surface area contributed by atoms with Gasteiger partial charge in [0.05, 0.1) is 13.3 Å². The Kier molecular flexibility index (Phi) is 4.19. The predicted octanol–water partition coefficient (Wildman–Crippen LogP) is 1.83. The van der Waals surface area contributed by atoms with E-state index in [0.717, 1.165) is 16.9 Å². The van der Waals surface area contributed by atoms with Crippen LogP contribution in [0.3, 0.4) is 0 Å². The van der Waals surface area contributed by atoms with Gasteiger partial charge in [0.15, 0.2) is 5.13 Å². The Morgan fingerprint density at radius 2 is 2.19 bits per heavy atom. The summed E-state index contributed by atoms with van der Waals surface area (Å²) in [5, 5.41) is 2.93. The van der Waals surface area contributed by atoms with Gasteiger partial charge < -0.3 is 4.74 Å². The maximum atomic E-state index is 11.3. The first kappa shape index (κ1) is 12.4. The molecule has 0 atom stereocenters. The van der Waals surface area contributed by atoms with E-state index in [1.807, 2.05) is 13.8 Å². The lowest BCUT2D eigenvalue weighted by molar-refractivity contribution is -0.111. The van der Waals surface area contributed by atoms with E-state index in [-0.39, 0.29) is 5.91 Å². The SMILES string of the molecule is COC(=O)c1cnc(NC(=O)C=C(C)C)s1. The van der Waals surface area contributed by atoms with Crippen molar-refractivity contribution in [2.45, 2.75) is 13.8 Å². The molecule has 5 nitrogen and oxygen atoms in total. The summed E-state index contributed by atoms with van der Waals surface area (Å²) in [4.78, 5) is 26.7. The van der Waals surface area contributed by atoms with Gasteiger partial charge in [-0.3, -0.25) is 10.1 Å². The van der Waals surface area contributed by atoms with Crippen molar-refractivity contribution in [3.8, 4) is 0 Å². The Hall–Kier alpha value is -1.69. The number of nitrogens with one attached hydrogen (secondary N) is 1. The number of amides is 1. The van der Waals surface area contributed by atoms with Gasteiger partial charge in [-0.2, -0.15) is 0 Å². The second-order valence-corrected chi connectivity index (χ2v) is 4.26. The molecule has 1 aromatic heterocycles. The number of anilines is 1. The smallest absolute Gasteiger partial charge is 0.349 e. The fourth-order valence-corrected chi connectivity index (χ4v) is 1.67. The fourth-order valence-electron chi connectivity index (χ4n) is 0.931. The number of ether oxygens (including phenoxy) is 1. The highest BCUT2D eigenvalue weighted by atomic mass is 32.1. The molecule has 0 aliphatic carbocycles. The molecule has 0 fully saturated rings. The Morgan fingerprint density at radius 1 is 1.50 bits per heavy atom. The van der Waals surface area contributed by atoms with Crippen molar-refractivity contribution in [2.24, 2.45) is 0 Å². The molecule has 0 spiro atoms. The van der Waals surface area contributed by atoms with Gasteiger partial charge in [0.2, 0.25) is 5.91 Å². The van der Waals surface area contributed by atoms with Crippen LogP contribution in [0.1, 0.15) is 23.5 Å². The van der Waals surface area contributed by atoms with Gasteiger partial charge >= 0.3 is 5.97 Å². The lowest BCUT2D eigenvalue weighted by atomic mass is 10.3. The Bertz CT molecular complexity index is 433. The number of nitrogens with zero attached hydrogens (tertiary/aromatic N) is 1. The van der Waals surface area contributed by atoms with E-state index in [9.17, 15) is 9.59 Å². The average Bonchev–Trinajstić information content (AvgIpc) is 2.63. The highest BCUT2D eigenvalue weighted by Crippen LogP contribution is 2.18. The summed E-state index contributed by atoms with van der Waals surface area (Å²) in [7, 11) is 1.30. The molecule has 1 amide bonds. The second-order valence-electron chi connectivity index (χ2n) is 3.23. The summed E-state index contributed by atoms with van der Waals surface area (Å²) in [5.74, 6) is -0.717. The van der Waals surface area contributed by atoms with Crippen LogP contribution in [0.15, 0.2) is 17.8 Å². The van der Waals surface area contributed by atoms with E-state index in [0.29, 0.717) is 10.0 Å². The zero-order chi connectivity index (χ0) is 12.1. The Morgan fingerprint density at radius 3 is 2.75 bits per heavy atom. The van der Waals surface area contributed by atoms with Gasteiger partial charge in [0.25, 0.3) is 0 Å². The van der Waals surface area contributed by atoms with Crippen LogP contribution in [0.4, 0.5) is 5.13 Å². The van der Waals surface area contributed by atoms with Crippen molar-refractivity contribution >= 4 is 28.3 Å². The van der Waals surface area contributed by atoms with E-state index in [1.165, 1.54) is 19.4 Å². The molecule has 86 valence electrons. The number of hydrogen-bond donors (Lipinski definition) is 1. The lowest BCUT2D eigenvalue weighted by Crippen LogP contribution is -2.07. The quantitative estimate of drug-likeness (QED) is 0.646. The molecule has 0 aromatic carbocycles. The summed E-state index contributed by atoms with van der Waals surface area (Å²) >= 11 is 1.07. The van der Waals surface area contributed by atoms with E-state index in [2.05, 4.69) is 15.0 Å². The van der Waals surface area contributed by atoms with Gasteiger partial charge in [-0.05, 0) is 13.8 Å². The van der Waals surface area contributed by atoms with Crippen LogP contribution in [0, 0.1) is 0 Å². The number of hydrogen-bond acceptors (Lipinski definition) is 5. The van der Waals surface area contributed by atoms with Gasteiger partial charge in [0.1, 0.15) is 4.88 Å². The third-order valence-corrected chi connectivity index (χ3v) is 2.43. The highest BCUT2D eigenvalue weighted by Gasteiger charge is 2.11. The summed E-state index contributed by atoms with van der Waals surface area (Å²) in [6.45, 7) is 3.64. The molecule has 1 aromatic rings. The largest absolute Gasteiger partial charge is 0.465 e. The second kappa shape index (κ2) is 5.41. The van der Waals surface area contributed by atoms with Crippen molar-refractivity contribution in [1.82, 2.24) is 4.98 Å². The molecular weight excluding hydrogens is 228 g/mol. The number of esters is 1. The van der Waals surface area contributed by atoms with Crippen LogP contribution in [0.2, 0.25) is 0 Å². The zero-order valence-electron chi connectivity index (χ0n) is 9.23. The van der Waals surface area contributed by atoms with Crippen LogP contribution < -0.4 is 5.32 Å². The highest BCUT2D eigenvalue weighted by molar-refractivity contribution is 7.17. The van der Waals surface area contributed by atoms with E-state index in [1.54, 1.807) is 0 Å². The van der Waals surface area contributed by atoms with Gasteiger partial charge in [-0.25, -0.2) is 9.78 Å². The fraction of sp³-hybridized carbons (Fsp3) is 0.300. The maximum absolute atomic E-state index is 11.3. The number of allylic oxidation sites excluding steroid dienone is 1. The zero-order valence-corrected chi connectivity index (χ0v) is 10.1. The first-order valence-corrected chi connectivity index (χ1v) is 5.34. The number of methoxy groups -OCH3 is 1. The minimum atomic E-state index is -0.458. The minimum Gasteiger partial charge on any atom is -0.465 e. The van der Waals surface area contributed by atoms with Gasteiger partial charge in [0, 0.05) is 6.08 Å². The monoisotopic (exact) mass is 240 g/mol. The van der Waals surface area contributed by atoms with Crippen LogP contribution in [-0.4, -0.2) is 24.0 Å². The van der Waals surface area contributed by atoms with Crippen molar-refractivity contribution in [3.05, 3.63) is 22.7 Å². The molecule has 0 saturated carbocycles. The molecular formula is C10H12N2O3S. The van der Waals surface area contributed by atoms with Crippen LogP contribution >= 0.6 is 11.3 Å². The Labute approximate surface area is 97.1 Å². The molecule has 1 N–H and O–H groups in total. The molecule has 0 saturated heterocycles. The van der Waals surface area contributed by atoms with Crippen molar-refractivity contribution in [1.29, 1.82) is 0 Å². The van der Waals surface area contributed by atoms with Crippen LogP contribution in [-0.2, 0) is 9.53 Å². The molecule has 1 rings (SSSR count). The molecule has 6 heteroatoms. The van der Waals surface area contributed by atoms with E-state index >= 15 is 0 Å². The van der Waals surface area contributed by atoms with Crippen molar-refractivity contribution in [2.75, 3.05) is 12.4 Å². The Balaban J connectivity index is 2.69. The first-order chi connectivity index (χ1) is 7.52. The van der Waals surface area contributed by atoms with Gasteiger partial charge in [-0.1, -0.05) is 16.9 Å². The number of thiazole rings is 1. The minimum absolute atomic E-state index is 0.259. The van der Waals surface area contributed by atoms with Crippen molar-refractivity contribution in [3.63, 3.8) is 0 Å². The standard InChI is InChI=1S/C10H12N2O3S/c1-6(2)4-8(13)12-10-11-5-7(16-10)9(14)15-3/h4-5H,1-3H3,(H,11,12,13). The van der Waals surface area contributed by atoms with Gasteiger partial charge in [-0.15, -0.1) is 0 Å². The number of carbonyl (C=O) groups excluding carboxylic acids is 2. The molecule has 0 unspecified atom stereocenters. The van der Waals surface area contributed by atoms with E-state index < -0.39 is 5.97 Å². The number of carbonyl (C=O) groups is 2. The summed E-state index contributed by atoms with van der Waals surface area (Å²) in [6.07, 6.45) is 2.83. The van der Waals surface area contributed by atoms with Crippen LogP contribution in [0.5, 0.6) is 0 Å². The van der Waals surface area contributed by atoms with Crippen molar-refractivity contribution < 1.29 is 14.3 Å². The maximum Gasteiger partial charge on any atom is 0.349 e. The predicted molar refractivity (Wildman–Crippen MR) is 61.5 cm³/mol. The van der Waals surface area contributed by atoms with Crippen LogP contribution in [0.25, 0.3) is 0 Å². The first-order valence-electron chi connectivity index (χ1n) is 4.53. The third-order valence-electron chi connectivity index (χ3n) is 1.54. The lowest BCUT2D eigenvalue weighted by Gasteiger charge is -1.96. The molecule has 16 heavy (non-hydrogen) atoms. The number of aromatic nitrogens is 1. The third kappa shape index (κ3) is 3.47. The number of rotatable bonds is 3. The molecule has 1 heterocycles. The average molecular weight is 240 g/mol. The normalized spacial score (nSPS) is 9.44. The topological polar surface area (TPSA) is 68.3 Å². The molecule has 0 aliphatic rings. The summed E-state index contributed by atoms with van der Waals surface area (Å²) in [6, 6.07) is 0. The molecule has 0 radical (unpaired) electrons.